The number of hydrogen-bond acceptors (Lipinski definition) is 5. The number of carbonyl (C=O) groups is 1. The highest BCUT2D eigenvalue weighted by molar-refractivity contribution is 5.97. The normalized spacial score (nSPS) is 17.9. The monoisotopic (exact) mass is 346 g/mol. The Morgan fingerprint density at radius 1 is 1.44 bits per heavy atom. The number of hydrogen-bond donors (Lipinski definition) is 2. The quantitative estimate of drug-likeness (QED) is 0.718. The Bertz CT molecular complexity index is 713. The van der Waals surface area contributed by atoms with Crippen LogP contribution in [0.25, 0.3) is 11.0 Å². The molecule has 1 aromatic carbocycles. The van der Waals surface area contributed by atoms with Gasteiger partial charge >= 0.3 is 0 Å². The third-order valence-electron chi connectivity index (χ3n) is 4.82. The highest BCUT2D eigenvalue weighted by atomic mass is 16.5. The van der Waals surface area contributed by atoms with Gasteiger partial charge in [0.15, 0.2) is 17.1 Å². The summed E-state index contributed by atoms with van der Waals surface area (Å²) < 4.78 is 10.9. The number of aliphatic hydroxyl groups is 1. The highest BCUT2D eigenvalue weighted by Crippen LogP contribution is 2.28. The second-order valence-corrected chi connectivity index (χ2v) is 6.47. The van der Waals surface area contributed by atoms with Crippen molar-refractivity contribution < 1.29 is 19.1 Å². The van der Waals surface area contributed by atoms with E-state index in [4.69, 9.17) is 9.15 Å². The molecular weight excluding hydrogens is 320 g/mol. The van der Waals surface area contributed by atoms with Crippen LogP contribution in [-0.4, -0.2) is 55.3 Å². The molecule has 1 aliphatic rings. The molecule has 2 N–H and O–H groups in total. The van der Waals surface area contributed by atoms with Crippen LogP contribution in [-0.2, 0) is 0 Å². The summed E-state index contributed by atoms with van der Waals surface area (Å²) in [6.07, 6.45) is 4.16. The van der Waals surface area contributed by atoms with Crippen molar-refractivity contribution in [2.24, 2.45) is 0 Å². The van der Waals surface area contributed by atoms with Gasteiger partial charge in [0.1, 0.15) is 0 Å². The lowest BCUT2D eigenvalue weighted by molar-refractivity contribution is 0.0926. The summed E-state index contributed by atoms with van der Waals surface area (Å²) in [6, 6.07) is 7.64. The van der Waals surface area contributed by atoms with E-state index < -0.39 is 0 Å². The molecule has 136 valence electrons. The number of aliphatic hydroxyl groups excluding tert-OH is 1. The average Bonchev–Trinajstić information content (AvgIpc) is 3.27. The van der Waals surface area contributed by atoms with Crippen LogP contribution < -0.4 is 10.1 Å². The van der Waals surface area contributed by atoms with Gasteiger partial charge in [0.2, 0.25) is 0 Å². The van der Waals surface area contributed by atoms with Gasteiger partial charge < -0.3 is 19.6 Å². The van der Waals surface area contributed by atoms with Crippen molar-refractivity contribution in [2.75, 3.05) is 33.4 Å². The number of nitrogens with zero attached hydrogens (tertiary/aromatic N) is 1. The van der Waals surface area contributed by atoms with Gasteiger partial charge in [-0.05, 0) is 50.9 Å². The summed E-state index contributed by atoms with van der Waals surface area (Å²) in [6.45, 7) is 2.90. The van der Waals surface area contributed by atoms with Crippen LogP contribution in [0.2, 0.25) is 0 Å². The molecule has 1 saturated heterocycles. The van der Waals surface area contributed by atoms with Crippen LogP contribution in [0.1, 0.15) is 36.2 Å². The Balaban J connectivity index is 1.45. The standard InChI is InChI=1S/C19H26N2O4/c1-24-16-8-4-6-14-12-17(25-18(14)16)19(23)20-9-2-3-10-21-11-5-7-15(21)13-22/h4,6,8,12,15,22H,2-3,5,7,9-11,13H2,1H3,(H,20,23). The van der Waals surface area contributed by atoms with E-state index in [1.54, 1.807) is 13.2 Å². The first kappa shape index (κ1) is 17.8. The summed E-state index contributed by atoms with van der Waals surface area (Å²) in [7, 11) is 1.58. The first-order chi connectivity index (χ1) is 12.2. The van der Waals surface area contributed by atoms with Gasteiger partial charge in [0.25, 0.3) is 5.91 Å². The first-order valence-corrected chi connectivity index (χ1v) is 8.92. The van der Waals surface area contributed by atoms with Crippen LogP contribution in [0, 0.1) is 0 Å². The maximum absolute atomic E-state index is 12.2. The van der Waals surface area contributed by atoms with Crippen LogP contribution >= 0.6 is 0 Å². The lowest BCUT2D eigenvalue weighted by Crippen LogP contribution is -2.33. The molecule has 25 heavy (non-hydrogen) atoms. The molecule has 1 unspecified atom stereocenters. The van der Waals surface area contributed by atoms with Gasteiger partial charge in [-0.25, -0.2) is 0 Å². The second-order valence-electron chi connectivity index (χ2n) is 6.47. The summed E-state index contributed by atoms with van der Waals surface area (Å²) in [5.41, 5.74) is 0.597. The smallest absolute Gasteiger partial charge is 0.287 e. The number of benzene rings is 1. The molecule has 1 aromatic heterocycles. The molecule has 0 aliphatic carbocycles. The molecule has 1 fully saturated rings. The van der Waals surface area contributed by atoms with E-state index in [2.05, 4.69) is 10.2 Å². The van der Waals surface area contributed by atoms with Crippen molar-refractivity contribution in [3.05, 3.63) is 30.0 Å². The second kappa shape index (κ2) is 8.36. The number of ether oxygens (including phenoxy) is 1. The van der Waals surface area contributed by atoms with Crippen molar-refractivity contribution >= 4 is 16.9 Å². The number of amides is 1. The molecule has 2 aromatic rings. The lowest BCUT2D eigenvalue weighted by Gasteiger charge is -2.22. The van der Waals surface area contributed by atoms with E-state index in [0.717, 1.165) is 44.2 Å². The summed E-state index contributed by atoms with van der Waals surface area (Å²) >= 11 is 0. The van der Waals surface area contributed by atoms with Crippen molar-refractivity contribution in [3.8, 4) is 5.75 Å². The van der Waals surface area contributed by atoms with Crippen LogP contribution in [0.3, 0.4) is 0 Å². The maximum atomic E-state index is 12.2. The molecule has 0 bridgehead atoms. The van der Waals surface area contributed by atoms with Crippen molar-refractivity contribution in [1.29, 1.82) is 0 Å². The minimum absolute atomic E-state index is 0.201. The number of likely N-dealkylation sites (tertiary alicyclic amines) is 1. The van der Waals surface area contributed by atoms with Gasteiger partial charge in [-0.3, -0.25) is 9.69 Å². The Morgan fingerprint density at radius 2 is 2.32 bits per heavy atom. The molecule has 1 aliphatic heterocycles. The summed E-state index contributed by atoms with van der Waals surface area (Å²) in [4.78, 5) is 14.6. The largest absolute Gasteiger partial charge is 0.493 e. The number of furan rings is 1. The third-order valence-corrected chi connectivity index (χ3v) is 4.82. The number of nitrogens with one attached hydrogen (secondary N) is 1. The molecule has 1 atom stereocenters. The van der Waals surface area contributed by atoms with Crippen molar-refractivity contribution in [2.45, 2.75) is 31.7 Å². The zero-order valence-electron chi connectivity index (χ0n) is 14.7. The van der Waals surface area contributed by atoms with Crippen molar-refractivity contribution in [3.63, 3.8) is 0 Å². The molecule has 1 amide bonds. The Morgan fingerprint density at radius 3 is 3.12 bits per heavy atom. The Kier molecular flexibility index (Phi) is 5.94. The minimum atomic E-state index is -0.201. The number of rotatable bonds is 8. The van der Waals surface area contributed by atoms with Crippen LogP contribution in [0.5, 0.6) is 5.75 Å². The van der Waals surface area contributed by atoms with E-state index in [9.17, 15) is 9.90 Å². The van der Waals surface area contributed by atoms with E-state index in [1.807, 2.05) is 18.2 Å². The first-order valence-electron chi connectivity index (χ1n) is 8.92. The molecule has 6 heteroatoms. The van der Waals surface area contributed by atoms with E-state index in [-0.39, 0.29) is 12.5 Å². The molecule has 0 radical (unpaired) electrons. The molecule has 0 spiro atoms. The topological polar surface area (TPSA) is 74.9 Å². The maximum Gasteiger partial charge on any atom is 0.287 e. The zero-order chi connectivity index (χ0) is 17.6. The molecule has 2 heterocycles. The average molecular weight is 346 g/mol. The fourth-order valence-electron chi connectivity index (χ4n) is 3.43. The van der Waals surface area contributed by atoms with Gasteiger partial charge in [-0.2, -0.15) is 0 Å². The Labute approximate surface area is 147 Å². The minimum Gasteiger partial charge on any atom is -0.493 e. The fourth-order valence-corrected chi connectivity index (χ4v) is 3.43. The number of para-hydroxylation sites is 1. The molecule has 0 saturated carbocycles. The van der Waals surface area contributed by atoms with E-state index in [1.165, 1.54) is 0 Å². The zero-order valence-corrected chi connectivity index (χ0v) is 14.7. The van der Waals surface area contributed by atoms with Crippen molar-refractivity contribution in [1.82, 2.24) is 10.2 Å². The van der Waals surface area contributed by atoms with E-state index in [0.29, 0.717) is 29.7 Å². The predicted octanol–water partition coefficient (Wildman–Crippen LogP) is 2.41. The van der Waals surface area contributed by atoms with Crippen LogP contribution in [0.15, 0.2) is 28.7 Å². The number of methoxy groups -OCH3 is 1. The number of fused-ring (bicyclic) bond motifs is 1. The van der Waals surface area contributed by atoms with Gasteiger partial charge in [0, 0.05) is 18.0 Å². The lowest BCUT2D eigenvalue weighted by atomic mass is 10.2. The van der Waals surface area contributed by atoms with Gasteiger partial charge in [-0.1, -0.05) is 12.1 Å². The van der Waals surface area contributed by atoms with E-state index >= 15 is 0 Å². The number of unbranched alkanes of at least 4 members (excludes halogenated alkanes) is 1. The molecule has 6 nitrogen and oxygen atoms in total. The number of carbonyl (C=O) groups excluding carboxylic acids is 1. The predicted molar refractivity (Wildman–Crippen MR) is 96.0 cm³/mol. The van der Waals surface area contributed by atoms with Gasteiger partial charge in [-0.15, -0.1) is 0 Å². The Hall–Kier alpha value is -2.05. The molecule has 3 rings (SSSR count). The fraction of sp³-hybridized carbons (Fsp3) is 0.526. The highest BCUT2D eigenvalue weighted by Gasteiger charge is 2.22. The summed E-state index contributed by atoms with van der Waals surface area (Å²) in [5, 5.41) is 13.1. The van der Waals surface area contributed by atoms with Crippen LogP contribution in [0.4, 0.5) is 0 Å². The third kappa shape index (κ3) is 4.14. The summed E-state index contributed by atoms with van der Waals surface area (Å²) in [5.74, 6) is 0.729. The SMILES string of the molecule is COc1cccc2cc(C(=O)NCCCCN3CCCC3CO)oc12. The molecular formula is C19H26N2O4. The van der Waals surface area contributed by atoms with Gasteiger partial charge in [0.05, 0.1) is 13.7 Å².